The Hall–Kier alpha value is -1.89. The number of allylic oxidation sites excluding steroid dienone is 2. The molecule has 3 N–H and O–H groups in total. The van der Waals surface area contributed by atoms with E-state index in [1.165, 1.54) is 0 Å². The van der Waals surface area contributed by atoms with E-state index >= 15 is 4.39 Å². The lowest BCUT2D eigenvalue weighted by Gasteiger charge is -2.59. The maximum atomic E-state index is 15.6. The number of carboxylic acids is 1. The van der Waals surface area contributed by atoms with E-state index in [9.17, 15) is 29.7 Å². The number of aliphatic hydroxyl groups excluding tert-OH is 2. The number of alkyl halides is 2. The molecular formula is C25H32ClFO6. The summed E-state index contributed by atoms with van der Waals surface area (Å²) < 4.78 is 15.6. The Morgan fingerprint density at radius 1 is 1.21 bits per heavy atom. The molecule has 0 aliphatic heterocycles. The number of hydrogen-bond acceptors (Lipinski definition) is 5. The summed E-state index contributed by atoms with van der Waals surface area (Å²) >= 11 is 6.05. The molecule has 0 aromatic rings. The zero-order valence-corrected chi connectivity index (χ0v) is 20.0. The van der Waals surface area contributed by atoms with Gasteiger partial charge in [0.05, 0.1) is 11.3 Å². The summed E-state index contributed by atoms with van der Waals surface area (Å²) in [6, 6.07) is 0. The lowest BCUT2D eigenvalue weighted by atomic mass is 9.44. The largest absolute Gasteiger partial charge is 0.507 e. The van der Waals surface area contributed by atoms with Crippen molar-refractivity contribution in [2.75, 3.05) is 5.88 Å². The summed E-state index contributed by atoms with van der Waals surface area (Å²) in [5, 5.41) is 30.5. The van der Waals surface area contributed by atoms with Gasteiger partial charge in [0, 0.05) is 11.8 Å². The van der Waals surface area contributed by atoms with Crippen molar-refractivity contribution in [2.45, 2.75) is 65.5 Å². The van der Waals surface area contributed by atoms with Gasteiger partial charge in [0.2, 0.25) is 11.5 Å². The molecule has 0 bridgehead atoms. The first-order valence-electron chi connectivity index (χ1n) is 11.7. The van der Waals surface area contributed by atoms with Crippen molar-refractivity contribution in [2.24, 2.45) is 39.9 Å². The molecule has 33 heavy (non-hydrogen) atoms. The van der Waals surface area contributed by atoms with Crippen LogP contribution >= 0.6 is 11.6 Å². The van der Waals surface area contributed by atoms with Crippen LogP contribution in [-0.2, 0) is 14.4 Å². The van der Waals surface area contributed by atoms with Crippen molar-refractivity contribution < 1.29 is 34.1 Å². The van der Waals surface area contributed by atoms with Crippen LogP contribution in [0.25, 0.3) is 0 Å². The molecule has 0 heterocycles. The fraction of sp³-hybridized carbons (Fsp3) is 0.720. The van der Waals surface area contributed by atoms with Crippen molar-refractivity contribution in [1.82, 2.24) is 0 Å². The summed E-state index contributed by atoms with van der Waals surface area (Å²) in [4.78, 5) is 36.9. The van der Waals surface area contributed by atoms with E-state index in [-0.39, 0.29) is 60.2 Å². The number of rotatable bonds is 5. The quantitative estimate of drug-likeness (QED) is 0.479. The Kier molecular flexibility index (Phi) is 5.75. The van der Waals surface area contributed by atoms with Crippen LogP contribution in [0.3, 0.4) is 0 Å². The molecule has 182 valence electrons. The van der Waals surface area contributed by atoms with Gasteiger partial charge in [0.25, 0.3) is 0 Å². The van der Waals surface area contributed by atoms with Crippen LogP contribution in [0.4, 0.5) is 4.39 Å². The maximum absolute atomic E-state index is 15.6. The van der Waals surface area contributed by atoms with Gasteiger partial charge < -0.3 is 15.3 Å². The van der Waals surface area contributed by atoms with Crippen LogP contribution in [0, 0.1) is 39.9 Å². The highest BCUT2D eigenvalue weighted by molar-refractivity contribution is 6.28. The fourth-order valence-electron chi connectivity index (χ4n) is 8.51. The fourth-order valence-corrected chi connectivity index (χ4v) is 8.74. The molecule has 4 rings (SSSR count). The maximum Gasteiger partial charge on any atom is 0.303 e. The molecule has 0 amide bonds. The molecule has 0 radical (unpaired) electrons. The van der Waals surface area contributed by atoms with Crippen LogP contribution in [-0.4, -0.2) is 44.9 Å². The Labute approximate surface area is 197 Å². The first kappa shape index (κ1) is 24.2. The summed E-state index contributed by atoms with van der Waals surface area (Å²) in [5.74, 6) is -3.88. The summed E-state index contributed by atoms with van der Waals surface area (Å²) in [5.41, 5.74) is -2.44. The van der Waals surface area contributed by atoms with Crippen LogP contribution in [0.15, 0.2) is 23.2 Å². The minimum atomic E-state index is -1.45. The molecule has 0 saturated heterocycles. The van der Waals surface area contributed by atoms with Crippen LogP contribution in [0.5, 0.6) is 0 Å². The predicted molar refractivity (Wildman–Crippen MR) is 120 cm³/mol. The molecule has 3 fully saturated rings. The predicted octanol–water partition coefficient (Wildman–Crippen LogP) is 4.92. The van der Waals surface area contributed by atoms with Crippen LogP contribution in [0.1, 0.15) is 59.3 Å². The molecular weight excluding hydrogens is 451 g/mol. The van der Waals surface area contributed by atoms with Gasteiger partial charge in [0.15, 0.2) is 5.78 Å². The van der Waals surface area contributed by atoms with Gasteiger partial charge in [-0.05, 0) is 79.8 Å². The highest BCUT2D eigenvalue weighted by Crippen LogP contribution is 2.73. The third-order valence-electron chi connectivity index (χ3n) is 10.0. The van der Waals surface area contributed by atoms with E-state index in [0.29, 0.717) is 19.3 Å². The lowest BCUT2D eigenvalue weighted by molar-refractivity contribution is -0.149. The third-order valence-corrected chi connectivity index (χ3v) is 10.3. The van der Waals surface area contributed by atoms with Gasteiger partial charge in [-0.1, -0.05) is 13.8 Å². The summed E-state index contributed by atoms with van der Waals surface area (Å²) in [6.45, 7) is 5.70. The van der Waals surface area contributed by atoms with Crippen molar-refractivity contribution in [3.8, 4) is 0 Å². The molecule has 4 aliphatic rings. The monoisotopic (exact) mass is 482 g/mol. The minimum Gasteiger partial charge on any atom is -0.507 e. The number of carbonyl (C=O) groups excluding carboxylic acids is 2. The zero-order chi connectivity index (χ0) is 24.5. The second kappa shape index (κ2) is 7.82. The van der Waals surface area contributed by atoms with E-state index in [1.54, 1.807) is 6.92 Å². The average Bonchev–Trinajstić information content (AvgIpc) is 2.99. The molecule has 0 aromatic carbocycles. The molecule has 0 aromatic heterocycles. The molecule has 0 unspecified atom stereocenters. The van der Waals surface area contributed by atoms with Gasteiger partial charge in [-0.2, -0.15) is 0 Å². The number of aliphatic carboxylic acids is 1. The second-order valence-electron chi connectivity index (χ2n) is 11.0. The SMILES string of the molecule is C[C@H]1C[C@H]2[C@@H]3C[C@H](F)C4=CC(=O)C(O)=C(O)[C@]4(C)[C@H]3CC[C@]2(C)[C@@]1(CCC(=O)O)C(=O)CCl. The molecule has 8 heteroatoms. The van der Waals surface area contributed by atoms with Crippen molar-refractivity contribution >= 4 is 29.1 Å². The van der Waals surface area contributed by atoms with Gasteiger partial charge in [-0.3, -0.25) is 14.4 Å². The number of carbonyl (C=O) groups is 3. The van der Waals surface area contributed by atoms with Gasteiger partial charge in [0.1, 0.15) is 11.9 Å². The number of halogens is 2. The van der Waals surface area contributed by atoms with Crippen LogP contribution in [0.2, 0.25) is 0 Å². The van der Waals surface area contributed by atoms with E-state index in [4.69, 9.17) is 11.6 Å². The first-order chi connectivity index (χ1) is 15.4. The van der Waals surface area contributed by atoms with E-state index < -0.39 is 45.7 Å². The molecule has 4 aliphatic carbocycles. The normalized spacial score (nSPS) is 44.6. The Morgan fingerprint density at radius 3 is 2.48 bits per heavy atom. The molecule has 0 spiro atoms. The van der Waals surface area contributed by atoms with E-state index in [2.05, 4.69) is 0 Å². The topological polar surface area (TPSA) is 112 Å². The summed E-state index contributed by atoms with van der Waals surface area (Å²) in [7, 11) is 0. The van der Waals surface area contributed by atoms with E-state index in [0.717, 1.165) is 6.08 Å². The molecule has 3 saturated carbocycles. The number of hydrogen-bond donors (Lipinski definition) is 3. The lowest BCUT2D eigenvalue weighted by Crippen LogP contribution is -2.57. The summed E-state index contributed by atoms with van der Waals surface area (Å²) in [6.07, 6.45) is 1.69. The van der Waals surface area contributed by atoms with Crippen molar-refractivity contribution in [3.05, 3.63) is 23.2 Å². The standard InChI is InChI=1S/C25H32ClFO6/c1-12-8-15-13-9-17(27)16-10-18(28)21(32)22(33)24(16,3)14(13)4-6-23(15,2)25(12,19(29)11-26)7-5-20(30)31/h10,12-15,17,32-33H,4-9,11H2,1-3H3,(H,30,31)/t12-,13+,14-,15-,17-,23-,24+,25+/m0/s1. The minimum absolute atomic E-state index is 0.0728. The van der Waals surface area contributed by atoms with Crippen molar-refractivity contribution in [3.63, 3.8) is 0 Å². The van der Waals surface area contributed by atoms with Gasteiger partial charge in [-0.15, -0.1) is 11.6 Å². The first-order valence-corrected chi connectivity index (χ1v) is 12.2. The number of carboxylic acid groups (broad SMARTS) is 1. The Bertz CT molecular complexity index is 974. The van der Waals surface area contributed by atoms with E-state index in [1.807, 2.05) is 13.8 Å². The smallest absolute Gasteiger partial charge is 0.303 e. The average molecular weight is 483 g/mol. The third kappa shape index (κ3) is 3.00. The van der Waals surface area contributed by atoms with Crippen molar-refractivity contribution in [1.29, 1.82) is 0 Å². The number of ketones is 2. The highest BCUT2D eigenvalue weighted by atomic mass is 35.5. The second-order valence-corrected chi connectivity index (χ2v) is 11.2. The number of aliphatic hydroxyl groups is 2. The highest BCUT2D eigenvalue weighted by Gasteiger charge is 2.70. The number of fused-ring (bicyclic) bond motifs is 5. The zero-order valence-electron chi connectivity index (χ0n) is 19.2. The number of Topliss-reactive ketones (excluding diaryl/α,β-unsaturated/α-hetero) is 1. The Balaban J connectivity index is 1.80. The van der Waals surface area contributed by atoms with Gasteiger partial charge in [-0.25, -0.2) is 4.39 Å². The van der Waals surface area contributed by atoms with Gasteiger partial charge >= 0.3 is 5.97 Å². The molecule has 6 nitrogen and oxygen atoms in total. The molecule has 8 atom stereocenters. The van der Waals surface area contributed by atoms with Crippen LogP contribution < -0.4 is 0 Å². The Morgan fingerprint density at radius 2 is 1.88 bits per heavy atom.